The second kappa shape index (κ2) is 7.40. The van der Waals surface area contributed by atoms with Crippen molar-refractivity contribution < 1.29 is 4.79 Å². The lowest BCUT2D eigenvalue weighted by molar-refractivity contribution is -0.122. The van der Waals surface area contributed by atoms with Gasteiger partial charge in [0.15, 0.2) is 0 Å². The van der Waals surface area contributed by atoms with Crippen molar-refractivity contribution >= 4 is 5.91 Å². The van der Waals surface area contributed by atoms with Gasteiger partial charge in [0.25, 0.3) is 5.56 Å². The fourth-order valence-electron chi connectivity index (χ4n) is 2.14. The van der Waals surface area contributed by atoms with Crippen LogP contribution in [0, 0.1) is 0 Å². The zero-order chi connectivity index (χ0) is 15.9. The Balaban J connectivity index is 1.83. The summed E-state index contributed by atoms with van der Waals surface area (Å²) in [6.07, 6.45) is 3.01. The van der Waals surface area contributed by atoms with Crippen molar-refractivity contribution in [3.63, 3.8) is 0 Å². The number of carbonyl (C=O) groups excluding carboxylic acids is 1. The smallest absolute Gasteiger partial charge is 0.328 e. The molecule has 1 aromatic heterocycles. The highest BCUT2D eigenvalue weighted by atomic mass is 16.2. The van der Waals surface area contributed by atoms with Crippen LogP contribution < -0.4 is 16.6 Å². The third-order valence-electron chi connectivity index (χ3n) is 3.33. The number of carbonyl (C=O) groups is 1. The number of aromatic nitrogens is 2. The van der Waals surface area contributed by atoms with Gasteiger partial charge in [-0.2, -0.15) is 0 Å². The molecule has 0 saturated carbocycles. The van der Waals surface area contributed by atoms with Gasteiger partial charge in [0, 0.05) is 18.3 Å². The van der Waals surface area contributed by atoms with Gasteiger partial charge < -0.3 is 5.32 Å². The van der Waals surface area contributed by atoms with Gasteiger partial charge in [0.05, 0.1) is 0 Å². The van der Waals surface area contributed by atoms with Gasteiger partial charge in [-0.25, -0.2) is 4.79 Å². The van der Waals surface area contributed by atoms with Crippen LogP contribution in [0.4, 0.5) is 0 Å². The largest absolute Gasteiger partial charge is 0.352 e. The number of aryl methyl sites for hydroxylation is 1. The number of hydrogen-bond acceptors (Lipinski definition) is 3. The summed E-state index contributed by atoms with van der Waals surface area (Å²) in [5, 5.41) is 2.85. The highest BCUT2D eigenvalue weighted by Gasteiger charge is 2.09. The molecule has 0 bridgehead atoms. The lowest BCUT2D eigenvalue weighted by Crippen LogP contribution is -2.39. The van der Waals surface area contributed by atoms with Crippen LogP contribution in [0.1, 0.15) is 18.9 Å². The molecule has 1 atom stereocenters. The van der Waals surface area contributed by atoms with Gasteiger partial charge >= 0.3 is 5.69 Å². The molecule has 1 amide bonds. The van der Waals surface area contributed by atoms with Crippen LogP contribution in [-0.4, -0.2) is 21.5 Å². The summed E-state index contributed by atoms with van der Waals surface area (Å²) in [6.45, 7) is 1.82. The molecule has 0 spiro atoms. The Labute approximate surface area is 127 Å². The van der Waals surface area contributed by atoms with Crippen molar-refractivity contribution in [1.82, 2.24) is 14.9 Å². The molecule has 2 N–H and O–H groups in total. The fraction of sp³-hybridized carbons (Fsp3) is 0.312. The second-order valence-corrected chi connectivity index (χ2v) is 5.23. The zero-order valence-corrected chi connectivity index (χ0v) is 12.4. The maximum Gasteiger partial charge on any atom is 0.328 e. The van der Waals surface area contributed by atoms with Crippen molar-refractivity contribution in [3.8, 4) is 0 Å². The molecule has 0 fully saturated rings. The molecule has 1 heterocycles. The van der Waals surface area contributed by atoms with Crippen molar-refractivity contribution in [2.24, 2.45) is 0 Å². The van der Waals surface area contributed by atoms with Crippen LogP contribution in [0.15, 0.2) is 52.2 Å². The fourth-order valence-corrected chi connectivity index (χ4v) is 2.14. The first-order valence-corrected chi connectivity index (χ1v) is 7.17. The second-order valence-electron chi connectivity index (χ2n) is 5.23. The summed E-state index contributed by atoms with van der Waals surface area (Å²) < 4.78 is 1.17. The highest BCUT2D eigenvalue weighted by molar-refractivity contribution is 5.75. The monoisotopic (exact) mass is 301 g/mol. The van der Waals surface area contributed by atoms with Gasteiger partial charge in [-0.1, -0.05) is 30.3 Å². The van der Waals surface area contributed by atoms with E-state index >= 15 is 0 Å². The molecule has 22 heavy (non-hydrogen) atoms. The Hall–Kier alpha value is -2.63. The molecule has 6 heteroatoms. The summed E-state index contributed by atoms with van der Waals surface area (Å²) >= 11 is 0. The van der Waals surface area contributed by atoms with Gasteiger partial charge in [-0.3, -0.25) is 19.1 Å². The average molecular weight is 301 g/mol. The highest BCUT2D eigenvalue weighted by Crippen LogP contribution is 2.04. The van der Waals surface area contributed by atoms with Crippen molar-refractivity contribution in [3.05, 3.63) is 69.0 Å². The van der Waals surface area contributed by atoms with E-state index in [1.54, 1.807) is 0 Å². The number of benzene rings is 1. The topological polar surface area (TPSA) is 84.0 Å². The van der Waals surface area contributed by atoms with E-state index in [4.69, 9.17) is 0 Å². The summed E-state index contributed by atoms with van der Waals surface area (Å²) in [4.78, 5) is 36.5. The number of amides is 1. The Morgan fingerprint density at radius 3 is 2.64 bits per heavy atom. The number of nitrogens with zero attached hydrogens (tertiary/aromatic N) is 1. The third kappa shape index (κ3) is 4.73. The molecule has 0 saturated heterocycles. The van der Waals surface area contributed by atoms with E-state index in [1.165, 1.54) is 22.4 Å². The Morgan fingerprint density at radius 1 is 1.23 bits per heavy atom. The van der Waals surface area contributed by atoms with E-state index < -0.39 is 11.2 Å². The maximum absolute atomic E-state index is 11.9. The summed E-state index contributed by atoms with van der Waals surface area (Å²) in [7, 11) is 0. The third-order valence-corrected chi connectivity index (χ3v) is 3.33. The number of nitrogens with one attached hydrogen (secondary N) is 2. The van der Waals surface area contributed by atoms with Gasteiger partial charge in [0.1, 0.15) is 6.54 Å². The molecule has 2 rings (SSSR count). The van der Waals surface area contributed by atoms with Gasteiger partial charge in [-0.05, 0) is 25.3 Å². The first-order chi connectivity index (χ1) is 10.5. The molecule has 0 aliphatic heterocycles. The van der Waals surface area contributed by atoms with Crippen LogP contribution in [0.5, 0.6) is 0 Å². The standard InChI is InChI=1S/C16H19N3O3/c1-12(7-8-13-5-3-2-4-6-13)17-15(21)11-19-10-9-14(20)18-16(19)22/h2-6,9-10,12H,7-8,11H2,1H3,(H,17,21)(H,18,20,22)/t12-/m0/s1. The van der Waals surface area contributed by atoms with E-state index in [1.807, 2.05) is 25.1 Å². The minimum Gasteiger partial charge on any atom is -0.352 e. The van der Waals surface area contributed by atoms with Gasteiger partial charge in [-0.15, -0.1) is 0 Å². The lowest BCUT2D eigenvalue weighted by atomic mass is 10.1. The first kappa shape index (κ1) is 15.8. The molecule has 116 valence electrons. The lowest BCUT2D eigenvalue weighted by Gasteiger charge is -2.14. The first-order valence-electron chi connectivity index (χ1n) is 7.17. The molecule has 0 aliphatic carbocycles. The minimum atomic E-state index is -0.584. The van der Waals surface area contributed by atoms with Crippen molar-refractivity contribution in [2.75, 3.05) is 0 Å². The number of aromatic amines is 1. The average Bonchev–Trinajstić information content (AvgIpc) is 2.49. The predicted molar refractivity (Wildman–Crippen MR) is 83.7 cm³/mol. The summed E-state index contributed by atoms with van der Waals surface area (Å²) in [5.74, 6) is -0.255. The Kier molecular flexibility index (Phi) is 5.30. The zero-order valence-electron chi connectivity index (χ0n) is 12.4. The minimum absolute atomic E-state index is 0.00571. The molecule has 1 aromatic carbocycles. The molecule has 6 nitrogen and oxygen atoms in total. The number of rotatable bonds is 6. The van der Waals surface area contributed by atoms with E-state index in [0.717, 1.165) is 12.8 Å². The van der Waals surface area contributed by atoms with E-state index in [-0.39, 0.29) is 18.5 Å². The quantitative estimate of drug-likeness (QED) is 0.822. The predicted octanol–water partition coefficient (Wildman–Crippen LogP) is 0.674. The van der Waals surface area contributed by atoms with E-state index in [9.17, 15) is 14.4 Å². The van der Waals surface area contributed by atoms with Crippen molar-refractivity contribution in [1.29, 1.82) is 0 Å². The van der Waals surface area contributed by atoms with Crippen LogP contribution in [0.3, 0.4) is 0 Å². The van der Waals surface area contributed by atoms with E-state index in [0.29, 0.717) is 0 Å². The Bertz CT molecular complexity index is 734. The Morgan fingerprint density at radius 2 is 1.95 bits per heavy atom. The van der Waals surface area contributed by atoms with Crippen LogP contribution in [0.25, 0.3) is 0 Å². The normalized spacial score (nSPS) is 11.9. The molecule has 0 aliphatic rings. The van der Waals surface area contributed by atoms with E-state index in [2.05, 4.69) is 22.4 Å². The van der Waals surface area contributed by atoms with Crippen LogP contribution in [0.2, 0.25) is 0 Å². The maximum atomic E-state index is 11.9. The molecular weight excluding hydrogens is 282 g/mol. The molecule has 2 aromatic rings. The summed E-state index contributed by atoms with van der Waals surface area (Å²) in [5.41, 5.74) is 0.165. The molecular formula is C16H19N3O3. The molecule has 0 unspecified atom stereocenters. The van der Waals surface area contributed by atoms with Crippen LogP contribution in [-0.2, 0) is 17.8 Å². The summed E-state index contributed by atoms with van der Waals surface area (Å²) in [6, 6.07) is 11.3. The van der Waals surface area contributed by atoms with Gasteiger partial charge in [0.2, 0.25) is 5.91 Å². The van der Waals surface area contributed by atoms with Crippen molar-refractivity contribution in [2.45, 2.75) is 32.4 Å². The SMILES string of the molecule is C[C@@H](CCc1ccccc1)NC(=O)Cn1ccc(=O)[nH]c1=O. The number of hydrogen-bond donors (Lipinski definition) is 2. The molecule has 0 radical (unpaired) electrons. The van der Waals surface area contributed by atoms with Crippen LogP contribution >= 0.6 is 0 Å². The number of H-pyrrole nitrogens is 1.